The van der Waals surface area contributed by atoms with Crippen molar-refractivity contribution in [3.05, 3.63) is 53.2 Å². The van der Waals surface area contributed by atoms with Crippen molar-refractivity contribution in [3.8, 4) is 0 Å². The molecule has 2 fully saturated rings. The van der Waals surface area contributed by atoms with Gasteiger partial charge in [-0.05, 0) is 49.5 Å². The molecule has 2 aliphatic rings. The maximum Gasteiger partial charge on any atom is 0.251 e. The first-order chi connectivity index (χ1) is 15.6. The second-order valence-electron chi connectivity index (χ2n) is 8.96. The average molecular weight is 437 g/mol. The van der Waals surface area contributed by atoms with Gasteiger partial charge in [-0.3, -0.25) is 9.59 Å². The molecule has 4 rings (SSSR count). The molecule has 2 aliphatic carbocycles. The number of hydrogen-bond acceptors (Lipinski definition) is 5. The van der Waals surface area contributed by atoms with Crippen LogP contribution in [-0.2, 0) is 10.3 Å². The summed E-state index contributed by atoms with van der Waals surface area (Å²) in [4.78, 5) is 29.4. The number of carbonyl (C=O) groups excluding carboxylic acids is 2. The minimum atomic E-state index is -0.582. The van der Waals surface area contributed by atoms with Crippen LogP contribution in [0.3, 0.4) is 0 Å². The molecule has 1 heterocycles. The fraction of sp³-hybridized carbons (Fsp3) is 0.520. The van der Waals surface area contributed by atoms with Gasteiger partial charge in [0.2, 0.25) is 11.8 Å². The number of nitrogens with one attached hydrogen (secondary N) is 2. The summed E-state index contributed by atoms with van der Waals surface area (Å²) >= 11 is 0. The van der Waals surface area contributed by atoms with E-state index >= 15 is 0 Å². The molecule has 2 amide bonds. The summed E-state index contributed by atoms with van der Waals surface area (Å²) in [5.41, 5.74) is 0.855. The molecule has 1 aromatic carbocycles. The van der Waals surface area contributed by atoms with Gasteiger partial charge in [-0.25, -0.2) is 0 Å². The SMILES string of the molecule is CNC(=O)c1ccc(/C=C/C(=O)NC2(c3noc(C4CCCC4)n3)CCCCCC2)cc1. The van der Waals surface area contributed by atoms with Crippen LogP contribution in [-0.4, -0.2) is 29.0 Å². The summed E-state index contributed by atoms with van der Waals surface area (Å²) in [6.07, 6.45) is 13.9. The van der Waals surface area contributed by atoms with E-state index in [1.54, 1.807) is 31.3 Å². The van der Waals surface area contributed by atoms with Gasteiger partial charge < -0.3 is 15.2 Å². The van der Waals surface area contributed by atoms with E-state index in [0.717, 1.165) is 62.8 Å². The Morgan fingerprint density at radius 1 is 1.03 bits per heavy atom. The Morgan fingerprint density at radius 3 is 2.38 bits per heavy atom. The van der Waals surface area contributed by atoms with Crippen molar-refractivity contribution >= 4 is 17.9 Å². The molecule has 2 saturated carbocycles. The third kappa shape index (κ3) is 5.09. The molecule has 7 heteroatoms. The van der Waals surface area contributed by atoms with E-state index < -0.39 is 5.54 Å². The predicted molar refractivity (Wildman–Crippen MR) is 122 cm³/mol. The molecule has 0 unspecified atom stereocenters. The van der Waals surface area contributed by atoms with Crippen molar-refractivity contribution < 1.29 is 14.1 Å². The van der Waals surface area contributed by atoms with E-state index in [9.17, 15) is 9.59 Å². The maximum absolute atomic E-state index is 12.9. The fourth-order valence-corrected chi connectivity index (χ4v) is 4.84. The third-order valence-electron chi connectivity index (χ3n) is 6.72. The van der Waals surface area contributed by atoms with Gasteiger partial charge in [-0.15, -0.1) is 0 Å². The highest BCUT2D eigenvalue weighted by Gasteiger charge is 2.39. The van der Waals surface area contributed by atoms with Crippen LogP contribution in [0, 0.1) is 0 Å². The standard InChI is InChI=1S/C25H32N4O3/c1-26-22(31)19-13-10-18(11-14-19)12-15-21(30)28-25(16-6-2-3-7-17-25)24-27-23(32-29-24)20-8-4-5-9-20/h10-15,20H,2-9,16-17H2,1H3,(H,26,31)(H,28,30)/b15-12+. The van der Waals surface area contributed by atoms with Gasteiger partial charge in [0.1, 0.15) is 5.54 Å². The van der Waals surface area contributed by atoms with Crippen LogP contribution in [0.5, 0.6) is 0 Å². The number of hydrogen-bond donors (Lipinski definition) is 2. The largest absolute Gasteiger partial charge is 0.355 e. The first-order valence-corrected chi connectivity index (χ1v) is 11.8. The summed E-state index contributed by atoms with van der Waals surface area (Å²) in [6.45, 7) is 0. The van der Waals surface area contributed by atoms with E-state index in [4.69, 9.17) is 9.51 Å². The minimum Gasteiger partial charge on any atom is -0.355 e. The Bertz CT molecular complexity index is 950. The fourth-order valence-electron chi connectivity index (χ4n) is 4.84. The van der Waals surface area contributed by atoms with Gasteiger partial charge in [0.05, 0.1) is 0 Å². The van der Waals surface area contributed by atoms with E-state index in [1.165, 1.54) is 12.8 Å². The highest BCUT2D eigenvalue weighted by molar-refractivity contribution is 5.95. The van der Waals surface area contributed by atoms with Crippen LogP contribution in [0.4, 0.5) is 0 Å². The lowest BCUT2D eigenvalue weighted by Crippen LogP contribution is -2.46. The quantitative estimate of drug-likeness (QED) is 0.514. The molecular formula is C25H32N4O3. The van der Waals surface area contributed by atoms with Crippen molar-refractivity contribution in [1.82, 2.24) is 20.8 Å². The van der Waals surface area contributed by atoms with Gasteiger partial charge in [-0.2, -0.15) is 4.98 Å². The molecule has 32 heavy (non-hydrogen) atoms. The molecule has 0 bridgehead atoms. The Labute approximate surface area is 189 Å². The molecule has 2 aromatic rings. The van der Waals surface area contributed by atoms with Crippen molar-refractivity contribution in [2.45, 2.75) is 75.7 Å². The molecule has 0 saturated heterocycles. The topological polar surface area (TPSA) is 97.1 Å². The maximum atomic E-state index is 12.9. The van der Waals surface area contributed by atoms with Crippen LogP contribution >= 0.6 is 0 Å². The second-order valence-corrected chi connectivity index (χ2v) is 8.96. The van der Waals surface area contributed by atoms with Gasteiger partial charge in [0.25, 0.3) is 5.91 Å². The van der Waals surface area contributed by atoms with E-state index in [-0.39, 0.29) is 11.8 Å². The van der Waals surface area contributed by atoms with E-state index in [1.807, 2.05) is 12.1 Å². The highest BCUT2D eigenvalue weighted by Crippen LogP contribution is 2.37. The Kier molecular flexibility index (Phi) is 7.02. The molecule has 0 spiro atoms. The number of nitrogens with zero attached hydrogens (tertiary/aromatic N) is 2. The summed E-state index contributed by atoms with van der Waals surface area (Å²) in [5, 5.41) is 10.2. The molecule has 1 aromatic heterocycles. The molecule has 0 aliphatic heterocycles. The van der Waals surface area contributed by atoms with Gasteiger partial charge >= 0.3 is 0 Å². The Morgan fingerprint density at radius 2 is 1.72 bits per heavy atom. The Balaban J connectivity index is 1.49. The molecular weight excluding hydrogens is 404 g/mol. The average Bonchev–Trinajstić information content (AvgIpc) is 3.47. The van der Waals surface area contributed by atoms with Crippen molar-refractivity contribution in [2.24, 2.45) is 0 Å². The molecule has 0 radical (unpaired) electrons. The highest BCUT2D eigenvalue weighted by atomic mass is 16.5. The van der Waals surface area contributed by atoms with Crippen LogP contribution in [0.2, 0.25) is 0 Å². The summed E-state index contributed by atoms with van der Waals surface area (Å²) in [6, 6.07) is 7.13. The molecule has 2 N–H and O–H groups in total. The second kappa shape index (κ2) is 10.1. The lowest BCUT2D eigenvalue weighted by atomic mass is 9.89. The molecule has 0 atom stereocenters. The number of rotatable bonds is 6. The molecule has 170 valence electrons. The number of aromatic nitrogens is 2. The number of amides is 2. The van der Waals surface area contributed by atoms with Crippen LogP contribution in [0.15, 0.2) is 34.9 Å². The van der Waals surface area contributed by atoms with Crippen molar-refractivity contribution in [1.29, 1.82) is 0 Å². The van der Waals surface area contributed by atoms with Gasteiger partial charge in [0.15, 0.2) is 5.82 Å². The summed E-state index contributed by atoms with van der Waals surface area (Å²) in [5.74, 6) is 1.40. The van der Waals surface area contributed by atoms with Crippen molar-refractivity contribution in [2.75, 3.05) is 7.05 Å². The van der Waals surface area contributed by atoms with E-state index in [2.05, 4.69) is 15.8 Å². The van der Waals surface area contributed by atoms with Crippen molar-refractivity contribution in [3.63, 3.8) is 0 Å². The third-order valence-corrected chi connectivity index (χ3v) is 6.72. The lowest BCUT2D eigenvalue weighted by Gasteiger charge is -2.30. The summed E-state index contributed by atoms with van der Waals surface area (Å²) in [7, 11) is 1.60. The van der Waals surface area contributed by atoms with Gasteiger partial charge in [-0.1, -0.05) is 55.8 Å². The zero-order valence-corrected chi connectivity index (χ0v) is 18.7. The molecule has 7 nitrogen and oxygen atoms in total. The lowest BCUT2D eigenvalue weighted by molar-refractivity contribution is -0.118. The van der Waals surface area contributed by atoms with E-state index in [0.29, 0.717) is 17.3 Å². The number of benzene rings is 1. The first kappa shape index (κ1) is 22.2. The van der Waals surface area contributed by atoms with Crippen LogP contribution in [0.1, 0.15) is 97.8 Å². The zero-order chi connectivity index (χ0) is 22.4. The first-order valence-electron chi connectivity index (χ1n) is 11.8. The normalized spacial score (nSPS) is 19.0. The van der Waals surface area contributed by atoms with Crippen LogP contribution in [0.25, 0.3) is 6.08 Å². The zero-order valence-electron chi connectivity index (χ0n) is 18.7. The van der Waals surface area contributed by atoms with Gasteiger partial charge in [0, 0.05) is 24.6 Å². The Hall–Kier alpha value is -2.96. The number of carbonyl (C=O) groups is 2. The monoisotopic (exact) mass is 436 g/mol. The van der Waals surface area contributed by atoms with Crippen LogP contribution < -0.4 is 10.6 Å². The smallest absolute Gasteiger partial charge is 0.251 e. The summed E-state index contributed by atoms with van der Waals surface area (Å²) < 4.78 is 5.66. The predicted octanol–water partition coefficient (Wildman–Crippen LogP) is 4.47. The minimum absolute atomic E-state index is 0.134.